The minimum absolute atomic E-state index is 0.0221. The first kappa shape index (κ1) is 14.0. The van der Waals surface area contributed by atoms with Crippen LogP contribution in [0.3, 0.4) is 0 Å². The van der Waals surface area contributed by atoms with Gasteiger partial charge in [-0.2, -0.15) is 0 Å². The Morgan fingerprint density at radius 2 is 2.09 bits per heavy atom. The van der Waals surface area contributed by atoms with Crippen LogP contribution >= 0.6 is 0 Å². The van der Waals surface area contributed by atoms with Crippen LogP contribution in [-0.2, 0) is 0 Å². The number of carboxylic acid groups (broad SMARTS) is 1. The highest BCUT2D eigenvalue weighted by atomic mass is 19.1. The van der Waals surface area contributed by atoms with Crippen molar-refractivity contribution >= 4 is 11.7 Å². The summed E-state index contributed by atoms with van der Waals surface area (Å²) in [7, 11) is 0. The third-order valence-electron chi connectivity index (χ3n) is 4.82. The molecule has 23 heavy (non-hydrogen) atoms. The van der Waals surface area contributed by atoms with Gasteiger partial charge in [0, 0.05) is 11.6 Å². The fraction of sp³-hybridized carbons (Fsp3) is 0.211. The third-order valence-corrected chi connectivity index (χ3v) is 4.82. The normalized spacial score (nSPS) is 24.7. The number of nitrogens with one attached hydrogen (secondary N) is 1. The molecule has 4 rings (SSSR count). The van der Waals surface area contributed by atoms with Gasteiger partial charge in [-0.25, -0.2) is 9.18 Å². The number of hydrogen-bond acceptors (Lipinski definition) is 2. The van der Waals surface area contributed by atoms with Crippen molar-refractivity contribution in [1.82, 2.24) is 0 Å². The van der Waals surface area contributed by atoms with E-state index in [0.717, 1.165) is 23.2 Å². The molecule has 2 unspecified atom stereocenters. The maximum atomic E-state index is 13.6. The van der Waals surface area contributed by atoms with Crippen LogP contribution in [0.15, 0.2) is 54.6 Å². The Hall–Kier alpha value is -2.62. The van der Waals surface area contributed by atoms with Crippen LogP contribution < -0.4 is 5.32 Å². The summed E-state index contributed by atoms with van der Waals surface area (Å²) in [6.45, 7) is 0. The Morgan fingerprint density at radius 1 is 1.22 bits per heavy atom. The quantitative estimate of drug-likeness (QED) is 0.811. The molecule has 3 atom stereocenters. The van der Waals surface area contributed by atoms with E-state index in [1.807, 2.05) is 12.1 Å². The molecule has 0 amide bonds. The molecular formula is C19H16FNO2. The first-order valence-electron chi connectivity index (χ1n) is 7.69. The summed E-state index contributed by atoms with van der Waals surface area (Å²) in [5.41, 5.74) is 3.17. The molecule has 1 heterocycles. The Balaban J connectivity index is 1.79. The third kappa shape index (κ3) is 2.31. The largest absolute Gasteiger partial charge is 0.478 e. The summed E-state index contributed by atoms with van der Waals surface area (Å²) >= 11 is 0. The maximum absolute atomic E-state index is 13.6. The van der Waals surface area contributed by atoms with Gasteiger partial charge in [0.05, 0.1) is 11.6 Å². The number of benzene rings is 2. The molecule has 1 aliphatic heterocycles. The highest BCUT2D eigenvalue weighted by Crippen LogP contribution is 2.49. The maximum Gasteiger partial charge on any atom is 0.335 e. The summed E-state index contributed by atoms with van der Waals surface area (Å²) in [4.78, 5) is 11.2. The van der Waals surface area contributed by atoms with Gasteiger partial charge >= 0.3 is 5.97 Å². The van der Waals surface area contributed by atoms with Crippen LogP contribution in [0.25, 0.3) is 0 Å². The van der Waals surface area contributed by atoms with E-state index in [-0.39, 0.29) is 23.7 Å². The van der Waals surface area contributed by atoms with Gasteiger partial charge < -0.3 is 10.4 Å². The van der Waals surface area contributed by atoms with Crippen LogP contribution in [0.1, 0.15) is 39.9 Å². The average Bonchev–Trinajstić information content (AvgIpc) is 3.03. The Morgan fingerprint density at radius 3 is 2.87 bits per heavy atom. The van der Waals surface area contributed by atoms with Gasteiger partial charge in [-0.15, -0.1) is 0 Å². The monoisotopic (exact) mass is 309 g/mol. The topological polar surface area (TPSA) is 49.3 Å². The number of rotatable bonds is 2. The van der Waals surface area contributed by atoms with Crippen molar-refractivity contribution < 1.29 is 14.3 Å². The zero-order valence-corrected chi connectivity index (χ0v) is 12.4. The molecule has 0 bridgehead atoms. The number of fused-ring (bicyclic) bond motifs is 3. The van der Waals surface area contributed by atoms with Crippen LogP contribution in [0.5, 0.6) is 0 Å². The Bertz CT molecular complexity index is 815. The van der Waals surface area contributed by atoms with Crippen molar-refractivity contribution in [2.75, 3.05) is 5.32 Å². The zero-order chi connectivity index (χ0) is 16.0. The summed E-state index contributed by atoms with van der Waals surface area (Å²) in [5, 5.41) is 12.7. The van der Waals surface area contributed by atoms with Gasteiger partial charge in [0.1, 0.15) is 5.82 Å². The van der Waals surface area contributed by atoms with E-state index in [4.69, 9.17) is 0 Å². The SMILES string of the molecule is O=C(O)c1ccc2c(c1)C1C=CCC1[C@@H](c1cccc(F)c1)N2. The minimum Gasteiger partial charge on any atom is -0.478 e. The van der Waals surface area contributed by atoms with Crippen LogP contribution in [0.4, 0.5) is 10.1 Å². The zero-order valence-electron chi connectivity index (χ0n) is 12.4. The molecule has 3 nitrogen and oxygen atoms in total. The second-order valence-corrected chi connectivity index (χ2v) is 6.14. The minimum atomic E-state index is -0.918. The smallest absolute Gasteiger partial charge is 0.335 e. The molecule has 0 saturated carbocycles. The Kier molecular flexibility index (Phi) is 3.18. The van der Waals surface area contributed by atoms with Gasteiger partial charge in [0.25, 0.3) is 0 Å². The molecule has 2 aromatic carbocycles. The standard InChI is InChI=1S/C19H16FNO2/c20-13-4-1-3-11(9-13)18-15-6-2-5-14(15)16-10-12(19(22)23)7-8-17(16)21-18/h1-5,7-10,14-15,18,21H,6H2,(H,22,23)/t14?,15?,18-/m1/s1. The molecule has 2 aliphatic rings. The van der Waals surface area contributed by atoms with Crippen molar-refractivity contribution in [2.24, 2.45) is 5.92 Å². The number of carbonyl (C=O) groups is 1. The predicted molar refractivity (Wildman–Crippen MR) is 86.2 cm³/mol. The molecule has 1 aliphatic carbocycles. The lowest BCUT2D eigenvalue weighted by Gasteiger charge is -2.37. The Labute approximate surface area is 133 Å². The lowest BCUT2D eigenvalue weighted by Crippen LogP contribution is -2.29. The van der Waals surface area contributed by atoms with Gasteiger partial charge in [-0.05, 0) is 53.8 Å². The van der Waals surface area contributed by atoms with E-state index in [9.17, 15) is 14.3 Å². The van der Waals surface area contributed by atoms with Crippen molar-refractivity contribution in [3.8, 4) is 0 Å². The summed E-state index contributed by atoms with van der Waals surface area (Å²) < 4.78 is 13.6. The number of anilines is 1. The molecule has 2 aromatic rings. The van der Waals surface area contributed by atoms with Crippen molar-refractivity contribution in [3.05, 3.63) is 77.1 Å². The van der Waals surface area contributed by atoms with E-state index >= 15 is 0 Å². The number of hydrogen-bond donors (Lipinski definition) is 2. The van der Waals surface area contributed by atoms with Gasteiger partial charge in [0.15, 0.2) is 0 Å². The fourth-order valence-corrected chi connectivity index (χ4v) is 3.76. The first-order valence-corrected chi connectivity index (χ1v) is 7.69. The first-order chi connectivity index (χ1) is 11.1. The van der Waals surface area contributed by atoms with Crippen LogP contribution in [0.2, 0.25) is 0 Å². The molecule has 116 valence electrons. The molecule has 0 radical (unpaired) electrons. The summed E-state index contributed by atoms with van der Waals surface area (Å²) in [6.07, 6.45) is 5.17. The van der Waals surface area contributed by atoms with E-state index in [0.29, 0.717) is 5.56 Å². The second kappa shape index (κ2) is 5.23. The molecule has 0 spiro atoms. The van der Waals surface area contributed by atoms with Gasteiger partial charge in [0.2, 0.25) is 0 Å². The van der Waals surface area contributed by atoms with E-state index in [2.05, 4.69) is 17.5 Å². The van der Waals surface area contributed by atoms with Gasteiger partial charge in [-0.1, -0.05) is 24.3 Å². The molecule has 0 saturated heterocycles. The molecule has 0 aromatic heterocycles. The number of allylic oxidation sites excluding steroid dienone is 2. The molecular weight excluding hydrogens is 293 g/mol. The highest BCUT2D eigenvalue weighted by Gasteiger charge is 2.38. The van der Waals surface area contributed by atoms with E-state index in [1.54, 1.807) is 24.3 Å². The lowest BCUT2D eigenvalue weighted by atomic mass is 9.76. The van der Waals surface area contributed by atoms with Crippen molar-refractivity contribution in [1.29, 1.82) is 0 Å². The summed E-state index contributed by atoms with van der Waals surface area (Å²) in [6, 6.07) is 11.9. The molecule has 2 N–H and O–H groups in total. The molecule has 0 fully saturated rings. The van der Waals surface area contributed by atoms with E-state index < -0.39 is 5.97 Å². The lowest BCUT2D eigenvalue weighted by molar-refractivity contribution is 0.0696. The predicted octanol–water partition coefficient (Wildman–Crippen LogP) is 4.35. The second-order valence-electron chi connectivity index (χ2n) is 6.14. The fourth-order valence-electron chi connectivity index (χ4n) is 3.76. The van der Waals surface area contributed by atoms with Crippen LogP contribution in [-0.4, -0.2) is 11.1 Å². The van der Waals surface area contributed by atoms with Gasteiger partial charge in [-0.3, -0.25) is 0 Å². The molecule has 4 heteroatoms. The number of carboxylic acids is 1. The van der Waals surface area contributed by atoms with Crippen molar-refractivity contribution in [2.45, 2.75) is 18.4 Å². The summed E-state index contributed by atoms with van der Waals surface area (Å²) in [5.74, 6) is -0.718. The number of aromatic carboxylic acids is 1. The van der Waals surface area contributed by atoms with Crippen molar-refractivity contribution in [3.63, 3.8) is 0 Å². The average molecular weight is 309 g/mol. The number of halogens is 1. The van der Waals surface area contributed by atoms with Crippen LogP contribution in [0, 0.1) is 11.7 Å². The van der Waals surface area contributed by atoms with E-state index in [1.165, 1.54) is 6.07 Å². The highest BCUT2D eigenvalue weighted by molar-refractivity contribution is 5.89.